The van der Waals surface area contributed by atoms with E-state index in [-0.39, 0.29) is 5.91 Å². The summed E-state index contributed by atoms with van der Waals surface area (Å²) in [7, 11) is 3.69. The largest absolute Gasteiger partial charge is 0.380 e. The van der Waals surface area contributed by atoms with Crippen LogP contribution in [-0.2, 0) is 24.8 Å². The molecule has 5 heteroatoms. The van der Waals surface area contributed by atoms with E-state index in [0.717, 1.165) is 35.3 Å². The Hall–Kier alpha value is -2.66. The van der Waals surface area contributed by atoms with Gasteiger partial charge >= 0.3 is 0 Å². The lowest BCUT2D eigenvalue weighted by atomic mass is 10.1. The molecule has 0 spiro atoms. The Labute approximate surface area is 147 Å². The van der Waals surface area contributed by atoms with Gasteiger partial charge in [0.15, 0.2) is 0 Å². The van der Waals surface area contributed by atoms with Crippen LogP contribution in [0.4, 0.5) is 0 Å². The highest BCUT2D eigenvalue weighted by atomic mass is 16.5. The highest BCUT2D eigenvalue weighted by Gasteiger charge is 2.08. The van der Waals surface area contributed by atoms with Crippen LogP contribution in [0.1, 0.15) is 28.2 Å². The van der Waals surface area contributed by atoms with E-state index in [1.165, 1.54) is 0 Å². The Morgan fingerprint density at radius 3 is 2.64 bits per heavy atom. The zero-order chi connectivity index (χ0) is 17.6. The number of carbonyl (C=O) groups is 1. The Bertz CT molecular complexity index is 853. The fourth-order valence-corrected chi connectivity index (χ4v) is 2.89. The minimum absolute atomic E-state index is 0.0473. The summed E-state index contributed by atoms with van der Waals surface area (Å²) in [5.74, 6) is 0.994. The Balaban J connectivity index is 1.50. The minimum Gasteiger partial charge on any atom is -0.380 e. The Morgan fingerprint density at radius 2 is 1.92 bits per heavy atom. The molecule has 1 heterocycles. The number of methoxy groups -OCH3 is 1. The normalized spacial score (nSPS) is 11.0. The summed E-state index contributed by atoms with van der Waals surface area (Å²) in [6.07, 6.45) is 1.68. The van der Waals surface area contributed by atoms with Crippen molar-refractivity contribution in [2.24, 2.45) is 7.05 Å². The smallest absolute Gasteiger partial charge is 0.251 e. The Kier molecular flexibility index (Phi) is 5.46. The summed E-state index contributed by atoms with van der Waals surface area (Å²) in [6.45, 7) is 1.18. The number of aryl methyl sites for hydroxylation is 2. The average Bonchev–Trinajstić information content (AvgIpc) is 2.96. The van der Waals surface area contributed by atoms with E-state index in [4.69, 9.17) is 4.74 Å². The number of amides is 1. The fraction of sp³-hybridized carbons (Fsp3) is 0.300. The number of benzene rings is 2. The van der Waals surface area contributed by atoms with Gasteiger partial charge in [-0.1, -0.05) is 24.3 Å². The Morgan fingerprint density at radius 1 is 1.16 bits per heavy atom. The molecule has 1 aromatic heterocycles. The number of para-hydroxylation sites is 2. The fourth-order valence-electron chi connectivity index (χ4n) is 2.89. The molecule has 0 fully saturated rings. The van der Waals surface area contributed by atoms with Crippen molar-refractivity contribution in [3.63, 3.8) is 0 Å². The number of ether oxygens (including phenoxy) is 1. The molecule has 0 radical (unpaired) electrons. The van der Waals surface area contributed by atoms with E-state index in [0.29, 0.717) is 18.7 Å². The quantitative estimate of drug-likeness (QED) is 0.674. The first-order chi connectivity index (χ1) is 12.2. The van der Waals surface area contributed by atoms with Crippen molar-refractivity contribution in [2.75, 3.05) is 13.7 Å². The number of hydrogen-bond acceptors (Lipinski definition) is 3. The van der Waals surface area contributed by atoms with Crippen molar-refractivity contribution in [3.05, 3.63) is 65.5 Å². The average molecular weight is 337 g/mol. The van der Waals surface area contributed by atoms with E-state index in [1.54, 1.807) is 7.11 Å². The van der Waals surface area contributed by atoms with Crippen molar-refractivity contribution in [1.82, 2.24) is 14.9 Å². The molecule has 2 aromatic carbocycles. The second kappa shape index (κ2) is 7.94. The van der Waals surface area contributed by atoms with Crippen LogP contribution < -0.4 is 5.32 Å². The van der Waals surface area contributed by atoms with Gasteiger partial charge in [0.2, 0.25) is 0 Å². The number of fused-ring (bicyclic) bond motifs is 1. The lowest BCUT2D eigenvalue weighted by Crippen LogP contribution is -2.25. The van der Waals surface area contributed by atoms with Gasteiger partial charge in [0.25, 0.3) is 5.91 Å². The first-order valence-corrected chi connectivity index (χ1v) is 8.45. The monoisotopic (exact) mass is 337 g/mol. The molecule has 3 aromatic rings. The molecule has 130 valence electrons. The van der Waals surface area contributed by atoms with E-state index in [9.17, 15) is 4.79 Å². The maximum atomic E-state index is 12.2. The number of hydrogen-bond donors (Lipinski definition) is 1. The molecule has 0 aliphatic rings. The van der Waals surface area contributed by atoms with Crippen LogP contribution in [-0.4, -0.2) is 29.1 Å². The SMILES string of the molecule is COCc1ccc(C(=O)NCCCc2nc3ccccc3n2C)cc1. The van der Waals surface area contributed by atoms with Crippen molar-refractivity contribution in [1.29, 1.82) is 0 Å². The summed E-state index contributed by atoms with van der Waals surface area (Å²) in [4.78, 5) is 16.8. The number of nitrogens with one attached hydrogen (secondary N) is 1. The summed E-state index contributed by atoms with van der Waals surface area (Å²) >= 11 is 0. The number of imidazole rings is 1. The molecule has 0 aliphatic heterocycles. The predicted octanol–water partition coefficient (Wildman–Crippen LogP) is 3.08. The van der Waals surface area contributed by atoms with Crippen molar-refractivity contribution in [3.8, 4) is 0 Å². The number of nitrogens with zero attached hydrogens (tertiary/aromatic N) is 2. The van der Waals surface area contributed by atoms with E-state index in [1.807, 2.05) is 49.5 Å². The zero-order valence-corrected chi connectivity index (χ0v) is 14.7. The number of carbonyl (C=O) groups excluding carboxylic acids is 1. The highest BCUT2D eigenvalue weighted by Crippen LogP contribution is 2.15. The zero-order valence-electron chi connectivity index (χ0n) is 14.7. The van der Waals surface area contributed by atoms with Gasteiger partial charge in [-0.2, -0.15) is 0 Å². The van der Waals surface area contributed by atoms with Crippen molar-refractivity contribution < 1.29 is 9.53 Å². The predicted molar refractivity (Wildman–Crippen MR) is 98.5 cm³/mol. The van der Waals surface area contributed by atoms with Crippen LogP contribution in [0.25, 0.3) is 11.0 Å². The molecular weight excluding hydrogens is 314 g/mol. The van der Waals surface area contributed by atoms with Crippen LogP contribution in [0.5, 0.6) is 0 Å². The van der Waals surface area contributed by atoms with Gasteiger partial charge in [-0.3, -0.25) is 4.79 Å². The third-order valence-corrected chi connectivity index (χ3v) is 4.27. The highest BCUT2D eigenvalue weighted by molar-refractivity contribution is 5.94. The topological polar surface area (TPSA) is 56.1 Å². The molecular formula is C20H23N3O2. The molecule has 0 saturated heterocycles. The molecule has 1 N–H and O–H groups in total. The van der Waals surface area contributed by atoms with Crippen LogP contribution in [0.3, 0.4) is 0 Å². The standard InChI is InChI=1S/C20H23N3O2/c1-23-18-7-4-3-6-17(18)22-19(23)8-5-13-21-20(24)16-11-9-15(10-12-16)14-25-2/h3-4,6-7,9-12H,5,8,13-14H2,1-2H3,(H,21,24). The molecule has 0 saturated carbocycles. The molecule has 1 amide bonds. The van der Waals surface area contributed by atoms with Crippen LogP contribution in [0, 0.1) is 0 Å². The molecule has 5 nitrogen and oxygen atoms in total. The van der Waals surface area contributed by atoms with Crippen molar-refractivity contribution >= 4 is 16.9 Å². The maximum Gasteiger partial charge on any atom is 0.251 e. The van der Waals surface area contributed by atoms with E-state index in [2.05, 4.69) is 20.9 Å². The lowest BCUT2D eigenvalue weighted by molar-refractivity contribution is 0.0953. The van der Waals surface area contributed by atoms with Crippen molar-refractivity contribution in [2.45, 2.75) is 19.4 Å². The summed E-state index contributed by atoms with van der Waals surface area (Å²) < 4.78 is 7.19. The van der Waals surface area contributed by atoms with Crippen LogP contribution >= 0.6 is 0 Å². The number of rotatable bonds is 7. The lowest BCUT2D eigenvalue weighted by Gasteiger charge is -2.06. The van der Waals surface area contributed by atoms with Gasteiger partial charge in [0.05, 0.1) is 17.6 Å². The van der Waals surface area contributed by atoms with Crippen LogP contribution in [0.15, 0.2) is 48.5 Å². The van der Waals surface area contributed by atoms with Gasteiger partial charge in [-0.15, -0.1) is 0 Å². The first kappa shape index (κ1) is 17.2. The second-order valence-corrected chi connectivity index (χ2v) is 6.07. The molecule has 0 aliphatic carbocycles. The minimum atomic E-state index is -0.0473. The van der Waals surface area contributed by atoms with Gasteiger partial charge in [0.1, 0.15) is 5.82 Å². The number of aromatic nitrogens is 2. The van der Waals surface area contributed by atoms with Gasteiger partial charge < -0.3 is 14.6 Å². The maximum absolute atomic E-state index is 12.2. The van der Waals surface area contributed by atoms with Gasteiger partial charge in [-0.05, 0) is 36.2 Å². The molecule has 0 unspecified atom stereocenters. The molecule has 0 atom stereocenters. The van der Waals surface area contributed by atoms with Crippen LogP contribution in [0.2, 0.25) is 0 Å². The molecule has 25 heavy (non-hydrogen) atoms. The third-order valence-electron chi connectivity index (χ3n) is 4.27. The van der Waals surface area contributed by atoms with E-state index < -0.39 is 0 Å². The van der Waals surface area contributed by atoms with Gasteiger partial charge in [0, 0.05) is 32.7 Å². The molecule has 0 bridgehead atoms. The van der Waals surface area contributed by atoms with E-state index >= 15 is 0 Å². The summed E-state index contributed by atoms with van der Waals surface area (Å²) in [5, 5.41) is 2.97. The summed E-state index contributed by atoms with van der Waals surface area (Å²) in [6, 6.07) is 15.6. The second-order valence-electron chi connectivity index (χ2n) is 6.07. The van der Waals surface area contributed by atoms with Gasteiger partial charge in [-0.25, -0.2) is 4.98 Å². The first-order valence-electron chi connectivity index (χ1n) is 8.45. The third kappa shape index (κ3) is 4.06. The molecule has 3 rings (SSSR count). The summed E-state index contributed by atoms with van der Waals surface area (Å²) in [5.41, 5.74) is 3.88.